The van der Waals surface area contributed by atoms with Crippen molar-refractivity contribution in [2.24, 2.45) is 0 Å². The fourth-order valence-corrected chi connectivity index (χ4v) is 2.86. The Morgan fingerprint density at radius 3 is 2.40 bits per heavy atom. The summed E-state index contributed by atoms with van der Waals surface area (Å²) in [6, 6.07) is 0.931. The number of aliphatic hydroxyl groups is 1. The van der Waals surface area contributed by atoms with Crippen LogP contribution in [0.4, 0.5) is 8.78 Å². The zero-order valence-corrected chi connectivity index (χ0v) is 11.5. The maximum absolute atomic E-state index is 13.6. The third-order valence-electron chi connectivity index (χ3n) is 2.45. The Balaban J connectivity index is 3.41. The van der Waals surface area contributed by atoms with Crippen molar-refractivity contribution in [1.82, 2.24) is 4.31 Å². The van der Waals surface area contributed by atoms with Gasteiger partial charge in [0, 0.05) is 13.6 Å². The summed E-state index contributed by atoms with van der Waals surface area (Å²) in [7, 11) is -3.39. The molecule has 0 aliphatic carbocycles. The largest absolute Gasteiger partial charge is 0.478 e. The number of hydrogen-bond acceptors (Lipinski definition) is 4. The lowest BCUT2D eigenvalue weighted by molar-refractivity contribution is 0.0695. The molecule has 1 unspecified atom stereocenters. The number of nitrogens with zero attached hydrogens (tertiary/aromatic N) is 1. The van der Waals surface area contributed by atoms with E-state index in [2.05, 4.69) is 0 Å². The highest BCUT2D eigenvalue weighted by molar-refractivity contribution is 7.89. The second-order valence-electron chi connectivity index (χ2n) is 4.21. The van der Waals surface area contributed by atoms with Crippen LogP contribution in [0.25, 0.3) is 0 Å². The minimum atomic E-state index is -4.45. The molecule has 112 valence electrons. The molecule has 0 radical (unpaired) electrons. The molecule has 1 atom stereocenters. The lowest BCUT2D eigenvalue weighted by Crippen LogP contribution is -2.33. The predicted octanol–water partition coefficient (Wildman–Crippen LogP) is 0.664. The number of halogens is 2. The highest BCUT2D eigenvalue weighted by Gasteiger charge is 2.28. The Hall–Kier alpha value is -1.58. The molecule has 1 aromatic rings. The first-order valence-electron chi connectivity index (χ1n) is 5.44. The number of carboxylic acids is 1. The Morgan fingerprint density at radius 2 is 1.95 bits per heavy atom. The second kappa shape index (κ2) is 5.81. The van der Waals surface area contributed by atoms with Crippen LogP contribution < -0.4 is 0 Å². The van der Waals surface area contributed by atoms with Crippen molar-refractivity contribution < 1.29 is 32.2 Å². The fourth-order valence-electron chi connectivity index (χ4n) is 1.51. The molecule has 0 saturated heterocycles. The summed E-state index contributed by atoms with van der Waals surface area (Å²) in [5.74, 6) is -4.82. The Bertz CT molecular complexity index is 630. The number of aromatic carboxylic acids is 1. The molecule has 0 amide bonds. The van der Waals surface area contributed by atoms with Crippen molar-refractivity contribution in [3.63, 3.8) is 0 Å². The molecule has 0 saturated carbocycles. The van der Waals surface area contributed by atoms with Crippen molar-refractivity contribution in [3.8, 4) is 0 Å². The zero-order valence-electron chi connectivity index (χ0n) is 10.7. The quantitative estimate of drug-likeness (QED) is 0.833. The first-order valence-corrected chi connectivity index (χ1v) is 6.88. The first-order chi connectivity index (χ1) is 9.07. The number of hydrogen-bond donors (Lipinski definition) is 2. The summed E-state index contributed by atoms with van der Waals surface area (Å²) in [5.41, 5.74) is -0.687. The zero-order chi connectivity index (χ0) is 15.7. The normalized spacial score (nSPS) is 13.5. The first kappa shape index (κ1) is 16.5. The van der Waals surface area contributed by atoms with Crippen LogP contribution in [0.15, 0.2) is 17.0 Å². The number of likely N-dealkylation sites (N-methyl/N-ethyl adjacent to an activating group) is 1. The second-order valence-corrected chi connectivity index (χ2v) is 6.22. The van der Waals surface area contributed by atoms with Gasteiger partial charge in [-0.15, -0.1) is 0 Å². The molecule has 0 heterocycles. The van der Waals surface area contributed by atoms with Crippen LogP contribution in [0.5, 0.6) is 0 Å². The molecule has 0 aliphatic rings. The van der Waals surface area contributed by atoms with Gasteiger partial charge in [0.15, 0.2) is 11.6 Å². The SMILES string of the molecule is CC(O)CN(C)S(=O)(=O)c1cc(C(=O)O)cc(F)c1F. The van der Waals surface area contributed by atoms with Gasteiger partial charge in [0.25, 0.3) is 0 Å². The van der Waals surface area contributed by atoms with Crippen LogP contribution in [0, 0.1) is 11.6 Å². The number of carbonyl (C=O) groups is 1. The third-order valence-corrected chi connectivity index (χ3v) is 4.27. The maximum atomic E-state index is 13.6. The molecule has 9 heteroatoms. The number of benzene rings is 1. The van der Waals surface area contributed by atoms with Crippen LogP contribution >= 0.6 is 0 Å². The van der Waals surface area contributed by atoms with Gasteiger partial charge in [-0.05, 0) is 19.1 Å². The number of sulfonamides is 1. The Labute approximate surface area is 114 Å². The molecule has 2 N–H and O–H groups in total. The molecular weight excluding hydrogens is 296 g/mol. The summed E-state index contributed by atoms with van der Waals surface area (Å²) < 4.78 is 51.6. The van der Waals surface area contributed by atoms with E-state index in [0.717, 1.165) is 7.05 Å². The lowest BCUT2D eigenvalue weighted by Gasteiger charge is -2.19. The Kier molecular flexibility index (Phi) is 4.79. The van der Waals surface area contributed by atoms with Crippen molar-refractivity contribution in [2.45, 2.75) is 17.9 Å². The van der Waals surface area contributed by atoms with Crippen molar-refractivity contribution in [2.75, 3.05) is 13.6 Å². The van der Waals surface area contributed by atoms with Gasteiger partial charge >= 0.3 is 5.97 Å². The van der Waals surface area contributed by atoms with Crippen LogP contribution in [0.3, 0.4) is 0 Å². The fraction of sp³-hybridized carbons (Fsp3) is 0.364. The monoisotopic (exact) mass is 309 g/mol. The molecule has 20 heavy (non-hydrogen) atoms. The molecule has 0 aromatic heterocycles. The molecule has 0 bridgehead atoms. The van der Waals surface area contributed by atoms with E-state index >= 15 is 0 Å². The van der Waals surface area contributed by atoms with Gasteiger partial charge in [-0.25, -0.2) is 22.0 Å². The minimum Gasteiger partial charge on any atom is -0.478 e. The van der Waals surface area contributed by atoms with Crippen molar-refractivity contribution >= 4 is 16.0 Å². The predicted molar refractivity (Wildman–Crippen MR) is 64.8 cm³/mol. The van der Waals surface area contributed by atoms with E-state index in [0.29, 0.717) is 16.4 Å². The third kappa shape index (κ3) is 3.30. The number of rotatable bonds is 5. The summed E-state index contributed by atoms with van der Waals surface area (Å²) in [5, 5.41) is 17.9. The van der Waals surface area contributed by atoms with Gasteiger partial charge < -0.3 is 10.2 Å². The highest BCUT2D eigenvalue weighted by Crippen LogP contribution is 2.23. The highest BCUT2D eigenvalue weighted by atomic mass is 32.2. The summed E-state index contributed by atoms with van der Waals surface area (Å²) in [6.45, 7) is 0.970. The van der Waals surface area contributed by atoms with E-state index in [1.54, 1.807) is 0 Å². The number of carboxylic acid groups (broad SMARTS) is 1. The van der Waals surface area contributed by atoms with Crippen LogP contribution in [0.2, 0.25) is 0 Å². The summed E-state index contributed by atoms with van der Waals surface area (Å²) in [4.78, 5) is 9.67. The van der Waals surface area contributed by atoms with E-state index in [4.69, 9.17) is 10.2 Å². The van der Waals surface area contributed by atoms with Crippen LogP contribution in [-0.4, -0.2) is 48.6 Å². The average Bonchev–Trinajstić information content (AvgIpc) is 2.30. The van der Waals surface area contributed by atoms with E-state index in [9.17, 15) is 22.0 Å². The molecular formula is C11H13F2NO5S. The topological polar surface area (TPSA) is 94.9 Å². The van der Waals surface area contributed by atoms with Crippen LogP contribution in [0.1, 0.15) is 17.3 Å². The van der Waals surface area contributed by atoms with Gasteiger partial charge in [0.05, 0.1) is 11.7 Å². The molecule has 6 nitrogen and oxygen atoms in total. The van der Waals surface area contributed by atoms with E-state index in [-0.39, 0.29) is 6.54 Å². The smallest absolute Gasteiger partial charge is 0.335 e. The van der Waals surface area contributed by atoms with Gasteiger partial charge in [-0.1, -0.05) is 0 Å². The van der Waals surface area contributed by atoms with E-state index < -0.39 is 44.2 Å². The van der Waals surface area contributed by atoms with Gasteiger partial charge in [0.2, 0.25) is 10.0 Å². The molecule has 0 aliphatic heterocycles. The molecule has 1 aromatic carbocycles. The number of aliphatic hydroxyl groups excluding tert-OH is 1. The van der Waals surface area contributed by atoms with Gasteiger partial charge in [-0.2, -0.15) is 4.31 Å². The van der Waals surface area contributed by atoms with E-state index in [1.807, 2.05) is 0 Å². The summed E-state index contributed by atoms with van der Waals surface area (Å²) in [6.07, 6.45) is -1.02. The van der Waals surface area contributed by atoms with Crippen LogP contribution in [-0.2, 0) is 10.0 Å². The van der Waals surface area contributed by atoms with E-state index in [1.165, 1.54) is 6.92 Å². The van der Waals surface area contributed by atoms with Crippen molar-refractivity contribution in [3.05, 3.63) is 29.3 Å². The molecule has 0 fully saturated rings. The van der Waals surface area contributed by atoms with Gasteiger partial charge in [-0.3, -0.25) is 0 Å². The summed E-state index contributed by atoms with van der Waals surface area (Å²) >= 11 is 0. The average molecular weight is 309 g/mol. The molecule has 0 spiro atoms. The standard InChI is InChI=1S/C11H13F2NO5S/c1-6(15)5-14(2)20(18,19)9-4-7(11(16)17)3-8(12)10(9)13/h3-4,6,15H,5H2,1-2H3,(H,16,17). The minimum absolute atomic E-state index is 0.347. The van der Waals surface area contributed by atoms with Crippen molar-refractivity contribution in [1.29, 1.82) is 0 Å². The Morgan fingerprint density at radius 1 is 1.40 bits per heavy atom. The molecule has 1 rings (SSSR count). The maximum Gasteiger partial charge on any atom is 0.335 e. The van der Waals surface area contributed by atoms with Gasteiger partial charge in [0.1, 0.15) is 4.90 Å². The lowest BCUT2D eigenvalue weighted by atomic mass is 10.2.